The summed E-state index contributed by atoms with van der Waals surface area (Å²) < 4.78 is 6.04. The second-order valence-electron chi connectivity index (χ2n) is 8.88. The van der Waals surface area contributed by atoms with Crippen LogP contribution in [-0.4, -0.2) is 43.8 Å². The molecule has 0 spiro atoms. The second kappa shape index (κ2) is 13.3. The molecule has 0 fully saturated rings. The first-order chi connectivity index (χ1) is 21.2. The zero-order valence-corrected chi connectivity index (χ0v) is 25.3. The zero-order valence-electron chi connectivity index (χ0n) is 22.1. The molecule has 0 aliphatic carbocycles. The highest BCUT2D eigenvalue weighted by molar-refractivity contribution is 9.10. The van der Waals surface area contributed by atoms with E-state index in [2.05, 4.69) is 42.5 Å². The number of carbonyl (C=O) groups excluding carboxylic acids is 2. The lowest BCUT2D eigenvalue weighted by atomic mass is 10.1. The number of anilines is 2. The molecule has 0 heterocycles. The highest BCUT2D eigenvalue weighted by atomic mass is 79.9. The monoisotopic (exact) mass is 742 g/mol. The number of amides is 2. The van der Waals surface area contributed by atoms with E-state index in [1.807, 2.05) is 0 Å². The Balaban J connectivity index is 1.71. The van der Waals surface area contributed by atoms with Gasteiger partial charge in [-0.15, -0.1) is 0 Å². The molecule has 15 nitrogen and oxygen atoms in total. The summed E-state index contributed by atoms with van der Waals surface area (Å²) in [6.45, 7) is 0. The van der Waals surface area contributed by atoms with Gasteiger partial charge in [0.25, 0.3) is 23.2 Å². The Morgan fingerprint density at radius 2 is 1.16 bits per heavy atom. The van der Waals surface area contributed by atoms with E-state index in [1.54, 1.807) is 0 Å². The molecule has 0 saturated heterocycles. The van der Waals surface area contributed by atoms with E-state index < -0.39 is 44.7 Å². The molecule has 17 heteroatoms. The van der Waals surface area contributed by atoms with Crippen LogP contribution in [0.3, 0.4) is 0 Å². The van der Waals surface area contributed by atoms with E-state index >= 15 is 0 Å². The number of ether oxygens (including phenoxy) is 1. The van der Waals surface area contributed by atoms with Crippen LogP contribution in [-0.2, 0) is 0 Å². The predicted octanol–water partition coefficient (Wildman–Crippen LogP) is 6.72. The van der Waals surface area contributed by atoms with E-state index in [-0.39, 0.29) is 54.3 Å². The molecule has 0 saturated carbocycles. The summed E-state index contributed by atoms with van der Waals surface area (Å²) in [5.41, 5.74) is -1.43. The minimum absolute atomic E-state index is 0.00484. The number of carbonyl (C=O) groups is 4. The van der Waals surface area contributed by atoms with Crippen molar-refractivity contribution in [1.82, 2.24) is 0 Å². The molecule has 45 heavy (non-hydrogen) atoms. The first kappa shape index (κ1) is 32.2. The standard InChI is InChI=1S/C28H16Br2N4O11/c29-21-10-14(33(41)42)2-5-18(21)25(35)31-13-1-8-24(45-16-4-7-17(27(37)38)20(12-16)28(39)40)23(9-13)32-26(36)19-6-3-15(34(43)44)11-22(19)30/h1-12H,(H,31,35)(H,32,36)(H,37,38)(H,39,40). The highest BCUT2D eigenvalue weighted by Gasteiger charge is 2.21. The van der Waals surface area contributed by atoms with Crippen LogP contribution >= 0.6 is 31.9 Å². The van der Waals surface area contributed by atoms with E-state index in [4.69, 9.17) is 4.74 Å². The summed E-state index contributed by atoms with van der Waals surface area (Å²) in [6, 6.07) is 14.2. The van der Waals surface area contributed by atoms with E-state index in [1.165, 1.54) is 36.4 Å². The summed E-state index contributed by atoms with van der Waals surface area (Å²) in [5, 5.41) is 46.1. The first-order valence-electron chi connectivity index (χ1n) is 12.2. The van der Waals surface area contributed by atoms with Gasteiger partial charge in [-0.05, 0) is 80.4 Å². The second-order valence-corrected chi connectivity index (χ2v) is 10.6. The number of nitro benzene ring substituents is 2. The van der Waals surface area contributed by atoms with Gasteiger partial charge >= 0.3 is 11.9 Å². The molecule has 0 radical (unpaired) electrons. The molecule has 4 aromatic carbocycles. The van der Waals surface area contributed by atoms with Crippen LogP contribution in [0.2, 0.25) is 0 Å². The number of aromatic carboxylic acids is 2. The van der Waals surface area contributed by atoms with Crippen molar-refractivity contribution < 1.29 is 44.0 Å². The first-order valence-corrected chi connectivity index (χ1v) is 13.8. The predicted molar refractivity (Wildman–Crippen MR) is 164 cm³/mol. The normalized spacial score (nSPS) is 10.4. The Bertz CT molecular complexity index is 1930. The number of nitro groups is 2. The average molecular weight is 744 g/mol. The minimum atomic E-state index is -1.52. The van der Waals surface area contributed by atoms with Crippen molar-refractivity contribution in [1.29, 1.82) is 0 Å². The molecule has 4 aromatic rings. The summed E-state index contributed by atoms with van der Waals surface area (Å²) in [7, 11) is 0. The van der Waals surface area contributed by atoms with Gasteiger partial charge in [0.05, 0.1) is 37.8 Å². The van der Waals surface area contributed by atoms with Gasteiger partial charge in [0.2, 0.25) is 0 Å². The molecule has 4 rings (SSSR count). The zero-order chi connectivity index (χ0) is 33.0. The van der Waals surface area contributed by atoms with Crippen molar-refractivity contribution >= 4 is 78.4 Å². The molecular weight excluding hydrogens is 728 g/mol. The number of nitrogens with one attached hydrogen (secondary N) is 2. The summed E-state index contributed by atoms with van der Waals surface area (Å²) in [4.78, 5) is 70.1. The van der Waals surface area contributed by atoms with Crippen LogP contribution in [0.5, 0.6) is 11.5 Å². The lowest BCUT2D eigenvalue weighted by molar-refractivity contribution is -0.385. The maximum Gasteiger partial charge on any atom is 0.336 e. The SMILES string of the molecule is O=C(Nc1ccc(Oc2ccc(C(=O)O)c(C(=O)O)c2)c(NC(=O)c2ccc([N+](=O)[O-])cc2Br)c1)c1ccc([N+](=O)[O-])cc1Br. The summed E-state index contributed by atoms with van der Waals surface area (Å²) >= 11 is 6.27. The third-order valence-electron chi connectivity index (χ3n) is 5.98. The Morgan fingerprint density at radius 3 is 1.64 bits per heavy atom. The van der Waals surface area contributed by atoms with Crippen LogP contribution in [0.15, 0.2) is 81.7 Å². The third kappa shape index (κ3) is 7.46. The lowest BCUT2D eigenvalue weighted by Gasteiger charge is -2.16. The van der Waals surface area contributed by atoms with Crippen LogP contribution < -0.4 is 15.4 Å². The number of nitrogens with zero attached hydrogens (tertiary/aromatic N) is 2. The van der Waals surface area contributed by atoms with Crippen LogP contribution in [0.4, 0.5) is 22.7 Å². The van der Waals surface area contributed by atoms with Gasteiger partial charge in [0.15, 0.2) is 5.75 Å². The number of hydrogen-bond acceptors (Lipinski definition) is 9. The number of benzene rings is 4. The summed E-state index contributed by atoms with van der Waals surface area (Å²) in [5.74, 6) is -4.58. The van der Waals surface area contributed by atoms with Gasteiger partial charge < -0.3 is 25.6 Å². The Labute approximate surface area is 268 Å². The van der Waals surface area contributed by atoms with Gasteiger partial charge in [-0.3, -0.25) is 29.8 Å². The van der Waals surface area contributed by atoms with Crippen molar-refractivity contribution in [3.8, 4) is 11.5 Å². The topological polar surface area (TPSA) is 228 Å². The molecule has 4 N–H and O–H groups in total. The Morgan fingerprint density at radius 1 is 0.644 bits per heavy atom. The minimum Gasteiger partial charge on any atom is -0.478 e. The van der Waals surface area contributed by atoms with E-state index in [0.29, 0.717) is 0 Å². The van der Waals surface area contributed by atoms with Crippen molar-refractivity contribution in [2.45, 2.75) is 0 Å². The van der Waals surface area contributed by atoms with E-state index in [0.717, 1.165) is 36.4 Å². The largest absolute Gasteiger partial charge is 0.478 e. The van der Waals surface area contributed by atoms with Crippen LogP contribution in [0.1, 0.15) is 41.4 Å². The molecule has 0 bridgehead atoms. The lowest BCUT2D eigenvalue weighted by Crippen LogP contribution is -2.15. The Hall–Kier alpha value is -5.68. The van der Waals surface area contributed by atoms with Gasteiger partial charge in [-0.1, -0.05) is 0 Å². The van der Waals surface area contributed by atoms with Crippen molar-refractivity contribution in [3.05, 3.63) is 124 Å². The molecule has 0 atom stereocenters. The fourth-order valence-electron chi connectivity index (χ4n) is 3.86. The van der Waals surface area contributed by atoms with Gasteiger partial charge in [-0.2, -0.15) is 0 Å². The van der Waals surface area contributed by atoms with Crippen molar-refractivity contribution in [2.24, 2.45) is 0 Å². The smallest absolute Gasteiger partial charge is 0.336 e. The number of carboxylic acids is 2. The highest BCUT2D eigenvalue weighted by Crippen LogP contribution is 2.35. The van der Waals surface area contributed by atoms with Gasteiger partial charge in [0, 0.05) is 38.9 Å². The fraction of sp³-hybridized carbons (Fsp3) is 0. The number of carboxylic acid groups (broad SMARTS) is 2. The Kier molecular flexibility index (Phi) is 9.54. The number of halogens is 2. The third-order valence-corrected chi connectivity index (χ3v) is 7.29. The molecule has 0 aliphatic heterocycles. The molecular formula is C28H16Br2N4O11. The molecule has 0 aromatic heterocycles. The molecule has 0 aliphatic rings. The molecule has 2 amide bonds. The van der Waals surface area contributed by atoms with Crippen molar-refractivity contribution in [3.63, 3.8) is 0 Å². The number of rotatable bonds is 10. The fourth-order valence-corrected chi connectivity index (χ4v) is 4.96. The molecule has 228 valence electrons. The maximum atomic E-state index is 13.2. The van der Waals surface area contributed by atoms with Crippen LogP contribution in [0.25, 0.3) is 0 Å². The van der Waals surface area contributed by atoms with Gasteiger partial charge in [0.1, 0.15) is 5.75 Å². The summed E-state index contributed by atoms with van der Waals surface area (Å²) in [6.07, 6.45) is 0. The number of hydrogen-bond donors (Lipinski definition) is 4. The quantitative estimate of drug-likeness (QED) is 0.0984. The number of non-ortho nitro benzene ring substituents is 2. The average Bonchev–Trinajstić information content (AvgIpc) is 2.97. The van der Waals surface area contributed by atoms with E-state index in [9.17, 15) is 49.6 Å². The van der Waals surface area contributed by atoms with Crippen molar-refractivity contribution in [2.75, 3.05) is 10.6 Å². The maximum absolute atomic E-state index is 13.2. The molecule has 0 unspecified atom stereocenters. The van der Waals surface area contributed by atoms with Crippen LogP contribution in [0, 0.1) is 20.2 Å². The van der Waals surface area contributed by atoms with Gasteiger partial charge in [-0.25, -0.2) is 9.59 Å².